The van der Waals surface area contributed by atoms with E-state index in [-0.39, 0.29) is 0 Å². The second-order valence-corrected chi connectivity index (χ2v) is 10.4. The Morgan fingerprint density at radius 2 is 1.64 bits per heavy atom. The summed E-state index contributed by atoms with van der Waals surface area (Å²) < 4.78 is 6.39. The van der Waals surface area contributed by atoms with Gasteiger partial charge in [-0.1, -0.05) is 62.3 Å². The summed E-state index contributed by atoms with van der Waals surface area (Å²) in [4.78, 5) is 0. The van der Waals surface area contributed by atoms with Crippen LogP contribution < -0.4 is 0 Å². The van der Waals surface area contributed by atoms with Crippen LogP contribution in [0.5, 0.6) is 0 Å². The summed E-state index contributed by atoms with van der Waals surface area (Å²) in [7, 11) is 0. The molecule has 1 aromatic carbocycles. The fraction of sp³-hybridized carbons (Fsp3) is 0.645. The van der Waals surface area contributed by atoms with Crippen LogP contribution in [0.15, 0.2) is 48.6 Å². The van der Waals surface area contributed by atoms with Crippen LogP contribution in [0.3, 0.4) is 0 Å². The summed E-state index contributed by atoms with van der Waals surface area (Å²) in [6.07, 6.45) is 26.0. The Balaban J connectivity index is 1.27. The molecule has 2 aliphatic rings. The lowest BCUT2D eigenvalue weighted by molar-refractivity contribution is -0.00824. The summed E-state index contributed by atoms with van der Waals surface area (Å²) in [5.41, 5.74) is 3.07. The van der Waals surface area contributed by atoms with Crippen molar-refractivity contribution in [2.24, 2.45) is 11.8 Å². The van der Waals surface area contributed by atoms with Crippen LogP contribution >= 0.6 is 0 Å². The largest absolute Gasteiger partial charge is 0.378 e. The number of hydrogen-bond acceptors (Lipinski definition) is 2. The van der Waals surface area contributed by atoms with Crippen LogP contribution in [0, 0.1) is 23.2 Å². The average Bonchev–Trinajstić information content (AvgIpc) is 2.86. The van der Waals surface area contributed by atoms with Crippen LogP contribution in [-0.4, -0.2) is 12.7 Å². The maximum atomic E-state index is 8.49. The molecule has 2 fully saturated rings. The van der Waals surface area contributed by atoms with Gasteiger partial charge in [0.2, 0.25) is 0 Å². The molecule has 0 amide bonds. The third-order valence-corrected chi connectivity index (χ3v) is 7.89. The predicted octanol–water partition coefficient (Wildman–Crippen LogP) is 8.68. The molecule has 0 bridgehead atoms. The molecule has 2 heteroatoms. The van der Waals surface area contributed by atoms with Crippen molar-refractivity contribution in [3.05, 3.63) is 59.7 Å². The lowest BCUT2D eigenvalue weighted by atomic mass is 9.78. The van der Waals surface area contributed by atoms with Gasteiger partial charge in [0.05, 0.1) is 12.2 Å². The van der Waals surface area contributed by atoms with Crippen LogP contribution in [0.2, 0.25) is 0 Å². The quantitative estimate of drug-likeness (QED) is 0.182. The molecule has 2 nitrogen and oxygen atoms in total. The van der Waals surface area contributed by atoms with Crippen molar-refractivity contribution in [1.29, 1.82) is 5.26 Å². The molecular formula is C31H45NO. The van der Waals surface area contributed by atoms with Gasteiger partial charge in [-0.2, -0.15) is 5.26 Å². The maximum Gasteiger partial charge on any atom is 0.0912 e. The second kappa shape index (κ2) is 15.1. The zero-order valence-corrected chi connectivity index (χ0v) is 20.9. The molecule has 0 aliphatic heterocycles. The number of ether oxygens (including phenoxy) is 1. The van der Waals surface area contributed by atoms with Crippen molar-refractivity contribution in [3.63, 3.8) is 0 Å². The number of rotatable bonds is 12. The molecule has 2 aliphatic carbocycles. The maximum absolute atomic E-state index is 8.49. The Bertz CT molecular complexity index is 740. The van der Waals surface area contributed by atoms with E-state index in [1.807, 2.05) is 18.2 Å². The average molecular weight is 448 g/mol. The monoisotopic (exact) mass is 447 g/mol. The first-order valence-electron chi connectivity index (χ1n) is 13.7. The number of nitriles is 1. The van der Waals surface area contributed by atoms with E-state index < -0.39 is 0 Å². The summed E-state index contributed by atoms with van der Waals surface area (Å²) in [5.74, 6) is 2.37. The van der Waals surface area contributed by atoms with E-state index in [0.717, 1.165) is 30.8 Å². The van der Waals surface area contributed by atoms with Crippen LogP contribution in [-0.2, 0) is 11.2 Å². The smallest absolute Gasteiger partial charge is 0.0912 e. The molecule has 33 heavy (non-hydrogen) atoms. The minimum Gasteiger partial charge on any atom is -0.378 e. The molecule has 1 aromatic rings. The minimum absolute atomic E-state index is 0.494. The molecule has 0 heterocycles. The van der Waals surface area contributed by atoms with Crippen LogP contribution in [0.25, 0.3) is 0 Å². The van der Waals surface area contributed by atoms with Crippen LogP contribution in [0.4, 0.5) is 0 Å². The topological polar surface area (TPSA) is 33.0 Å². The molecule has 180 valence electrons. The third kappa shape index (κ3) is 9.50. The van der Waals surface area contributed by atoms with Gasteiger partial charge in [0.15, 0.2) is 0 Å². The molecule has 0 radical (unpaired) electrons. The molecule has 0 N–H and O–H groups in total. The molecular weight excluding hydrogens is 402 g/mol. The molecule has 2 saturated carbocycles. The highest BCUT2D eigenvalue weighted by Crippen LogP contribution is 2.37. The molecule has 0 saturated heterocycles. The van der Waals surface area contributed by atoms with Gasteiger partial charge in [0, 0.05) is 12.7 Å². The Labute approximate surface area is 203 Å². The Morgan fingerprint density at radius 3 is 2.33 bits per heavy atom. The van der Waals surface area contributed by atoms with Gasteiger partial charge in [0.1, 0.15) is 0 Å². The van der Waals surface area contributed by atoms with E-state index >= 15 is 0 Å². The van der Waals surface area contributed by atoms with Crippen molar-refractivity contribution in [3.8, 4) is 6.07 Å². The number of allylic oxidation sites excluding steroid dienone is 4. The standard InChI is InChI=1S/C31H45NO/c1-2-3-7-10-26-12-18-29(19-13-26)30-20-14-28(15-21-30)25-33-31-22-16-27(17-23-31)11-8-5-4-6-9-24-32/h4-6,9,12-13,18-19,27-28,30-31H,2-3,7-8,10-11,14-17,20-23,25H2,1H3. The SMILES string of the molecule is CCCCCc1ccc(C2CCC(COC3CCC(CCC=CC=CC#N)CC3)CC2)cc1. The van der Waals surface area contributed by atoms with E-state index in [9.17, 15) is 0 Å². The molecule has 0 unspecified atom stereocenters. The van der Waals surface area contributed by atoms with Gasteiger partial charge in [-0.15, -0.1) is 0 Å². The first-order valence-corrected chi connectivity index (χ1v) is 13.7. The molecule has 0 aromatic heterocycles. The van der Waals surface area contributed by atoms with Crippen molar-refractivity contribution in [1.82, 2.24) is 0 Å². The second-order valence-electron chi connectivity index (χ2n) is 10.4. The van der Waals surface area contributed by atoms with Gasteiger partial charge in [-0.25, -0.2) is 0 Å². The highest BCUT2D eigenvalue weighted by Gasteiger charge is 2.25. The molecule has 0 atom stereocenters. The number of nitrogens with zero attached hydrogens (tertiary/aromatic N) is 1. The number of unbranched alkanes of at least 4 members (excludes halogenated alkanes) is 2. The van der Waals surface area contributed by atoms with E-state index in [1.165, 1.54) is 95.1 Å². The molecule has 0 spiro atoms. The fourth-order valence-corrected chi connectivity index (χ4v) is 5.66. The van der Waals surface area contributed by atoms with Crippen molar-refractivity contribution >= 4 is 0 Å². The Hall–Kier alpha value is -1.85. The van der Waals surface area contributed by atoms with Crippen LogP contribution in [0.1, 0.15) is 107 Å². The summed E-state index contributed by atoms with van der Waals surface area (Å²) in [5, 5.41) is 8.49. The lowest BCUT2D eigenvalue weighted by Crippen LogP contribution is -2.25. The zero-order chi connectivity index (χ0) is 23.1. The Kier molecular flexibility index (Phi) is 11.8. The summed E-state index contributed by atoms with van der Waals surface area (Å²) >= 11 is 0. The number of benzene rings is 1. The van der Waals surface area contributed by atoms with Crippen molar-refractivity contribution in [2.45, 2.75) is 109 Å². The van der Waals surface area contributed by atoms with Gasteiger partial charge in [-0.05, 0) is 106 Å². The van der Waals surface area contributed by atoms with Crippen molar-refractivity contribution < 1.29 is 4.74 Å². The molecule has 3 rings (SSSR count). The van der Waals surface area contributed by atoms with Gasteiger partial charge in [-0.3, -0.25) is 0 Å². The van der Waals surface area contributed by atoms with E-state index in [2.05, 4.69) is 37.3 Å². The lowest BCUT2D eigenvalue weighted by Gasteiger charge is -2.32. The van der Waals surface area contributed by atoms with E-state index in [4.69, 9.17) is 10.00 Å². The Morgan fingerprint density at radius 1 is 0.909 bits per heavy atom. The number of aryl methyl sites for hydroxylation is 1. The normalized spacial score (nSPS) is 26.1. The first-order chi connectivity index (χ1) is 16.3. The fourth-order valence-electron chi connectivity index (χ4n) is 5.66. The first kappa shape index (κ1) is 25.8. The van der Waals surface area contributed by atoms with E-state index in [0.29, 0.717) is 6.10 Å². The summed E-state index contributed by atoms with van der Waals surface area (Å²) in [6.45, 7) is 3.25. The van der Waals surface area contributed by atoms with Gasteiger partial charge < -0.3 is 4.74 Å². The highest BCUT2D eigenvalue weighted by atomic mass is 16.5. The summed E-state index contributed by atoms with van der Waals surface area (Å²) in [6, 6.07) is 11.6. The van der Waals surface area contributed by atoms with E-state index in [1.54, 1.807) is 5.56 Å². The highest BCUT2D eigenvalue weighted by molar-refractivity contribution is 5.26. The predicted molar refractivity (Wildman–Crippen MR) is 139 cm³/mol. The van der Waals surface area contributed by atoms with Gasteiger partial charge in [0.25, 0.3) is 0 Å². The van der Waals surface area contributed by atoms with Gasteiger partial charge >= 0.3 is 0 Å². The number of hydrogen-bond donors (Lipinski definition) is 0. The van der Waals surface area contributed by atoms with Crippen molar-refractivity contribution in [2.75, 3.05) is 6.61 Å². The zero-order valence-electron chi connectivity index (χ0n) is 20.9. The minimum atomic E-state index is 0.494. The third-order valence-electron chi connectivity index (χ3n) is 7.89.